The fourth-order valence-electron chi connectivity index (χ4n) is 0.840. The van der Waals surface area contributed by atoms with Crippen LogP contribution in [0.1, 0.15) is 40.0 Å². The van der Waals surface area contributed by atoms with Crippen molar-refractivity contribution in [2.75, 3.05) is 5.75 Å². The summed E-state index contributed by atoms with van der Waals surface area (Å²) in [4.78, 5) is 10.2. The topological polar surface area (TPSA) is 37.3 Å². The van der Waals surface area contributed by atoms with Crippen LogP contribution in [0.3, 0.4) is 0 Å². The molecule has 0 aromatic heterocycles. The molecular formula is C10H20O2S. The normalized spacial score (nSPS) is 13.2. The fourth-order valence-corrected chi connectivity index (χ4v) is 1.97. The van der Waals surface area contributed by atoms with Crippen molar-refractivity contribution in [1.29, 1.82) is 0 Å². The van der Waals surface area contributed by atoms with Crippen molar-refractivity contribution >= 4 is 17.7 Å². The van der Waals surface area contributed by atoms with Gasteiger partial charge in [0.05, 0.1) is 0 Å². The van der Waals surface area contributed by atoms with Gasteiger partial charge in [0, 0.05) is 11.7 Å². The van der Waals surface area contributed by atoms with Gasteiger partial charge in [0.25, 0.3) is 0 Å². The first kappa shape index (κ1) is 12.8. The van der Waals surface area contributed by atoms with Crippen molar-refractivity contribution in [1.82, 2.24) is 0 Å². The van der Waals surface area contributed by atoms with Crippen LogP contribution >= 0.6 is 11.8 Å². The maximum Gasteiger partial charge on any atom is 0.303 e. The van der Waals surface area contributed by atoms with Crippen LogP contribution in [-0.4, -0.2) is 22.1 Å². The number of rotatable bonds is 7. The van der Waals surface area contributed by atoms with Gasteiger partial charge in [-0.3, -0.25) is 4.79 Å². The Labute approximate surface area is 85.1 Å². The van der Waals surface area contributed by atoms with E-state index in [0.717, 1.165) is 18.6 Å². The number of carbonyl (C=O) groups is 1. The largest absolute Gasteiger partial charge is 0.481 e. The van der Waals surface area contributed by atoms with Gasteiger partial charge in [0.2, 0.25) is 0 Å². The van der Waals surface area contributed by atoms with E-state index in [2.05, 4.69) is 20.8 Å². The van der Waals surface area contributed by atoms with E-state index in [-0.39, 0.29) is 0 Å². The summed E-state index contributed by atoms with van der Waals surface area (Å²) in [7, 11) is 0. The molecule has 0 fully saturated rings. The van der Waals surface area contributed by atoms with Gasteiger partial charge in [-0.25, -0.2) is 0 Å². The van der Waals surface area contributed by atoms with E-state index in [4.69, 9.17) is 5.11 Å². The second kappa shape index (κ2) is 7.25. The number of unbranched alkanes of at least 4 members (excludes halogenated alkanes) is 1. The third-order valence-corrected chi connectivity index (χ3v) is 3.70. The average molecular weight is 204 g/mol. The van der Waals surface area contributed by atoms with Gasteiger partial charge < -0.3 is 5.11 Å². The molecule has 0 heterocycles. The summed E-state index contributed by atoms with van der Waals surface area (Å²) in [5.74, 6) is 1.12. The standard InChI is InChI=1S/C10H20O2S/c1-8(2)9(3)13-7-5-4-6-10(11)12/h8-9H,4-7H2,1-3H3,(H,11,12). The number of thioether (sulfide) groups is 1. The van der Waals surface area contributed by atoms with Crippen molar-refractivity contribution in [2.24, 2.45) is 5.92 Å². The van der Waals surface area contributed by atoms with Gasteiger partial charge in [0.15, 0.2) is 0 Å². The van der Waals surface area contributed by atoms with Crippen molar-refractivity contribution < 1.29 is 9.90 Å². The molecule has 1 unspecified atom stereocenters. The van der Waals surface area contributed by atoms with Crippen molar-refractivity contribution in [3.8, 4) is 0 Å². The summed E-state index contributed by atoms with van der Waals surface area (Å²) in [5.41, 5.74) is 0. The molecule has 0 aliphatic heterocycles. The molecule has 1 atom stereocenters. The van der Waals surface area contributed by atoms with Gasteiger partial charge in [0.1, 0.15) is 0 Å². The van der Waals surface area contributed by atoms with Crippen molar-refractivity contribution in [2.45, 2.75) is 45.3 Å². The predicted molar refractivity (Wildman–Crippen MR) is 58.2 cm³/mol. The number of aliphatic carboxylic acids is 1. The molecule has 0 aromatic rings. The minimum atomic E-state index is -0.679. The summed E-state index contributed by atoms with van der Waals surface area (Å²) in [5, 5.41) is 9.09. The lowest BCUT2D eigenvalue weighted by Gasteiger charge is -2.14. The first-order chi connectivity index (χ1) is 6.04. The Kier molecular flexibility index (Phi) is 7.14. The summed E-state index contributed by atoms with van der Waals surface area (Å²) in [6.07, 6.45) is 2.15. The SMILES string of the molecule is CC(C)C(C)SCCCCC(=O)O. The molecule has 0 saturated carbocycles. The van der Waals surface area contributed by atoms with Gasteiger partial charge in [-0.05, 0) is 24.5 Å². The van der Waals surface area contributed by atoms with Gasteiger partial charge in [-0.1, -0.05) is 20.8 Å². The minimum absolute atomic E-state index is 0.316. The number of carboxylic acids is 1. The molecule has 3 heteroatoms. The van der Waals surface area contributed by atoms with E-state index in [0.29, 0.717) is 17.6 Å². The number of hydrogen-bond acceptors (Lipinski definition) is 2. The minimum Gasteiger partial charge on any atom is -0.481 e. The molecule has 0 radical (unpaired) electrons. The first-order valence-electron chi connectivity index (χ1n) is 4.87. The van der Waals surface area contributed by atoms with Crippen LogP contribution in [0.25, 0.3) is 0 Å². The molecule has 0 spiro atoms. The van der Waals surface area contributed by atoms with Crippen LogP contribution < -0.4 is 0 Å². The Balaban J connectivity index is 3.21. The molecule has 13 heavy (non-hydrogen) atoms. The van der Waals surface area contributed by atoms with Crippen LogP contribution in [-0.2, 0) is 4.79 Å². The van der Waals surface area contributed by atoms with E-state index in [1.165, 1.54) is 0 Å². The Morgan fingerprint density at radius 1 is 1.31 bits per heavy atom. The van der Waals surface area contributed by atoms with Crippen LogP contribution in [0.5, 0.6) is 0 Å². The smallest absolute Gasteiger partial charge is 0.303 e. The molecule has 0 bridgehead atoms. The van der Waals surface area contributed by atoms with E-state index in [9.17, 15) is 4.79 Å². The third kappa shape index (κ3) is 8.16. The summed E-state index contributed by atoms with van der Waals surface area (Å²) in [6.45, 7) is 6.66. The second-order valence-corrected chi connectivity index (χ2v) is 5.16. The zero-order chi connectivity index (χ0) is 10.3. The second-order valence-electron chi connectivity index (χ2n) is 3.67. The Bertz CT molecular complexity index is 146. The maximum atomic E-state index is 10.2. The van der Waals surface area contributed by atoms with Gasteiger partial charge >= 0.3 is 5.97 Å². The lowest BCUT2D eigenvalue weighted by Crippen LogP contribution is -2.06. The van der Waals surface area contributed by atoms with Crippen LogP contribution in [0.2, 0.25) is 0 Å². The molecule has 78 valence electrons. The molecule has 1 N–H and O–H groups in total. The van der Waals surface area contributed by atoms with Gasteiger partial charge in [-0.15, -0.1) is 0 Å². The van der Waals surface area contributed by atoms with Crippen molar-refractivity contribution in [3.63, 3.8) is 0 Å². The molecule has 0 amide bonds. The Hall–Kier alpha value is -0.180. The fraction of sp³-hybridized carbons (Fsp3) is 0.900. The lowest BCUT2D eigenvalue weighted by atomic mass is 10.2. The molecule has 0 saturated heterocycles. The van der Waals surface area contributed by atoms with Gasteiger partial charge in [-0.2, -0.15) is 11.8 Å². The molecule has 0 aromatic carbocycles. The molecule has 0 rings (SSSR count). The highest BCUT2D eigenvalue weighted by molar-refractivity contribution is 7.99. The molecular weight excluding hydrogens is 184 g/mol. The maximum absolute atomic E-state index is 10.2. The zero-order valence-corrected chi connectivity index (χ0v) is 9.56. The van der Waals surface area contributed by atoms with E-state index in [1.807, 2.05) is 11.8 Å². The Morgan fingerprint density at radius 3 is 2.38 bits per heavy atom. The first-order valence-corrected chi connectivity index (χ1v) is 5.92. The predicted octanol–water partition coefficient (Wildman–Crippen LogP) is 3.02. The lowest BCUT2D eigenvalue weighted by molar-refractivity contribution is -0.137. The monoisotopic (exact) mass is 204 g/mol. The molecule has 0 aliphatic rings. The summed E-state index contributed by atoms with van der Waals surface area (Å²) < 4.78 is 0. The van der Waals surface area contributed by atoms with Crippen molar-refractivity contribution in [3.05, 3.63) is 0 Å². The van der Waals surface area contributed by atoms with E-state index in [1.54, 1.807) is 0 Å². The van der Waals surface area contributed by atoms with E-state index >= 15 is 0 Å². The quantitative estimate of drug-likeness (QED) is 0.648. The number of carboxylic acid groups (broad SMARTS) is 1. The highest BCUT2D eigenvalue weighted by atomic mass is 32.2. The number of hydrogen-bond donors (Lipinski definition) is 1. The van der Waals surface area contributed by atoms with E-state index < -0.39 is 5.97 Å². The van der Waals surface area contributed by atoms with Crippen LogP contribution in [0, 0.1) is 5.92 Å². The zero-order valence-electron chi connectivity index (χ0n) is 8.75. The Morgan fingerprint density at radius 2 is 1.92 bits per heavy atom. The van der Waals surface area contributed by atoms with Crippen LogP contribution in [0.15, 0.2) is 0 Å². The summed E-state index contributed by atoms with van der Waals surface area (Å²) in [6, 6.07) is 0. The molecule has 0 aliphatic carbocycles. The highest BCUT2D eigenvalue weighted by Gasteiger charge is 2.06. The molecule has 2 nitrogen and oxygen atoms in total. The third-order valence-electron chi connectivity index (χ3n) is 2.10. The van der Waals surface area contributed by atoms with Crippen LogP contribution in [0.4, 0.5) is 0 Å². The highest BCUT2D eigenvalue weighted by Crippen LogP contribution is 2.19. The summed E-state index contributed by atoms with van der Waals surface area (Å²) >= 11 is 1.94. The average Bonchev–Trinajstić information content (AvgIpc) is 2.02.